The Labute approximate surface area is 158 Å². The second-order valence-electron chi connectivity index (χ2n) is 7.12. The van der Waals surface area contributed by atoms with Crippen molar-refractivity contribution < 1.29 is 13.2 Å². The molecule has 3 aromatic rings. The summed E-state index contributed by atoms with van der Waals surface area (Å²) in [4.78, 5) is 18.1. The van der Waals surface area contributed by atoms with E-state index in [1.807, 2.05) is 12.1 Å². The van der Waals surface area contributed by atoms with Gasteiger partial charge in [0.1, 0.15) is 0 Å². The van der Waals surface area contributed by atoms with Gasteiger partial charge in [0.05, 0.1) is 10.5 Å². The van der Waals surface area contributed by atoms with Crippen LogP contribution in [0.5, 0.6) is 0 Å². The number of fused-ring (bicyclic) bond motifs is 1. The number of sulfone groups is 1. The summed E-state index contributed by atoms with van der Waals surface area (Å²) < 4.78 is 24.0. The molecule has 0 atom stereocenters. The van der Waals surface area contributed by atoms with Crippen LogP contribution in [0.1, 0.15) is 34.7 Å². The minimum atomic E-state index is -3.44. The zero-order chi connectivity index (χ0) is 19.0. The van der Waals surface area contributed by atoms with Crippen LogP contribution in [-0.4, -0.2) is 43.6 Å². The van der Waals surface area contributed by atoms with Crippen molar-refractivity contribution in [2.45, 2.75) is 23.7 Å². The van der Waals surface area contributed by atoms with Crippen molar-refractivity contribution in [3.05, 3.63) is 65.9 Å². The number of nitrogens with one attached hydrogen (secondary N) is 1. The highest BCUT2D eigenvalue weighted by Crippen LogP contribution is 2.33. The summed E-state index contributed by atoms with van der Waals surface area (Å²) in [6.45, 7) is 1.25. The fourth-order valence-corrected chi connectivity index (χ4v) is 4.84. The summed E-state index contributed by atoms with van der Waals surface area (Å²) in [5.74, 6) is 0.198. The fraction of sp³-hybridized carbons (Fsp3) is 0.286. The van der Waals surface area contributed by atoms with E-state index in [0.717, 1.165) is 24.6 Å². The number of likely N-dealkylation sites (tertiary alicyclic amines) is 1. The number of nitrogens with zero attached hydrogens (tertiary/aromatic N) is 1. The first kappa shape index (κ1) is 17.8. The molecule has 0 radical (unpaired) electrons. The Morgan fingerprint density at radius 3 is 2.44 bits per heavy atom. The predicted octanol–water partition coefficient (Wildman–Crippen LogP) is 3.59. The Morgan fingerprint density at radius 2 is 1.70 bits per heavy atom. The van der Waals surface area contributed by atoms with Gasteiger partial charge in [0, 0.05) is 36.4 Å². The van der Waals surface area contributed by atoms with Crippen molar-refractivity contribution in [2.24, 2.45) is 0 Å². The predicted molar refractivity (Wildman–Crippen MR) is 106 cm³/mol. The number of carbonyl (C=O) groups excluding carboxylic acids is 1. The Balaban J connectivity index is 1.52. The van der Waals surface area contributed by atoms with Gasteiger partial charge in [-0.2, -0.15) is 0 Å². The summed E-state index contributed by atoms with van der Waals surface area (Å²) in [6, 6.07) is 14.7. The molecule has 0 unspecified atom stereocenters. The van der Waals surface area contributed by atoms with E-state index in [-0.39, 0.29) is 16.4 Å². The largest absolute Gasteiger partial charge is 0.361 e. The summed E-state index contributed by atoms with van der Waals surface area (Å²) >= 11 is 0. The summed E-state index contributed by atoms with van der Waals surface area (Å²) in [7, 11) is -3.44. The molecule has 5 nitrogen and oxygen atoms in total. The molecule has 1 aliphatic rings. The highest BCUT2D eigenvalue weighted by molar-refractivity contribution is 7.90. The second kappa shape index (κ2) is 6.85. The van der Waals surface area contributed by atoms with E-state index in [1.165, 1.54) is 17.0 Å². The molecule has 2 heterocycles. The van der Waals surface area contributed by atoms with Crippen LogP contribution in [0.25, 0.3) is 10.9 Å². The minimum absolute atomic E-state index is 0.105. The molecule has 4 rings (SSSR count). The number of carbonyl (C=O) groups is 1. The first-order valence-corrected chi connectivity index (χ1v) is 11.0. The summed E-state index contributed by atoms with van der Waals surface area (Å²) in [5.41, 5.74) is 2.70. The molecule has 0 bridgehead atoms. The molecule has 0 spiro atoms. The Kier molecular flexibility index (Phi) is 4.52. The molecule has 140 valence electrons. The number of aromatic nitrogens is 1. The van der Waals surface area contributed by atoms with Gasteiger partial charge in [0.2, 0.25) is 0 Å². The molecule has 0 saturated carbocycles. The number of rotatable bonds is 3. The molecular formula is C21H22N2O3S. The zero-order valence-electron chi connectivity index (χ0n) is 15.2. The van der Waals surface area contributed by atoms with E-state index in [0.29, 0.717) is 19.0 Å². The number of hydrogen-bond donors (Lipinski definition) is 1. The molecule has 1 N–H and O–H groups in total. The standard InChI is InChI=1S/C21H22N2O3S/c1-27(25,26)20-9-5-3-7-17(20)21(24)23-12-10-15(11-13-23)18-14-22-19-8-4-2-6-16(18)19/h2-9,14-15,22H,10-13H2,1H3. The van der Waals surface area contributed by atoms with Gasteiger partial charge in [0.25, 0.3) is 5.91 Å². The highest BCUT2D eigenvalue weighted by Gasteiger charge is 2.28. The van der Waals surface area contributed by atoms with Crippen molar-refractivity contribution in [3.8, 4) is 0 Å². The van der Waals surface area contributed by atoms with Gasteiger partial charge in [-0.1, -0.05) is 30.3 Å². The monoisotopic (exact) mass is 382 g/mol. The number of hydrogen-bond acceptors (Lipinski definition) is 3. The minimum Gasteiger partial charge on any atom is -0.361 e. The lowest BCUT2D eigenvalue weighted by atomic mass is 9.89. The molecule has 6 heteroatoms. The van der Waals surface area contributed by atoms with Gasteiger partial charge >= 0.3 is 0 Å². The molecule has 0 aliphatic carbocycles. The fourth-order valence-electron chi connectivity index (χ4n) is 3.96. The molecule has 2 aromatic carbocycles. The molecule has 1 aromatic heterocycles. The number of amides is 1. The lowest BCUT2D eigenvalue weighted by Gasteiger charge is -2.32. The maximum absolute atomic E-state index is 12.9. The zero-order valence-corrected chi connectivity index (χ0v) is 16.0. The van der Waals surface area contributed by atoms with Gasteiger partial charge < -0.3 is 9.88 Å². The molecule has 27 heavy (non-hydrogen) atoms. The van der Waals surface area contributed by atoms with Crippen molar-refractivity contribution >= 4 is 26.6 Å². The molecule has 1 amide bonds. The van der Waals surface area contributed by atoms with Crippen LogP contribution in [0.4, 0.5) is 0 Å². The number of benzene rings is 2. The van der Waals surface area contributed by atoms with Crippen LogP contribution in [0.15, 0.2) is 59.6 Å². The van der Waals surface area contributed by atoms with E-state index >= 15 is 0 Å². The Hall–Kier alpha value is -2.60. The van der Waals surface area contributed by atoms with Gasteiger partial charge in [-0.05, 0) is 42.5 Å². The van der Waals surface area contributed by atoms with Crippen molar-refractivity contribution in [1.29, 1.82) is 0 Å². The summed E-state index contributed by atoms with van der Waals surface area (Å²) in [5, 5.41) is 1.24. The van der Waals surface area contributed by atoms with Gasteiger partial charge in [-0.3, -0.25) is 4.79 Å². The quantitative estimate of drug-likeness (QED) is 0.752. The highest BCUT2D eigenvalue weighted by atomic mass is 32.2. The van der Waals surface area contributed by atoms with Crippen LogP contribution >= 0.6 is 0 Å². The van der Waals surface area contributed by atoms with Crippen molar-refractivity contribution in [2.75, 3.05) is 19.3 Å². The van der Waals surface area contributed by atoms with E-state index in [9.17, 15) is 13.2 Å². The third-order valence-electron chi connectivity index (χ3n) is 5.36. The molecule has 1 fully saturated rings. The van der Waals surface area contributed by atoms with Crippen LogP contribution in [-0.2, 0) is 9.84 Å². The van der Waals surface area contributed by atoms with E-state index in [4.69, 9.17) is 0 Å². The lowest BCUT2D eigenvalue weighted by Crippen LogP contribution is -2.38. The van der Waals surface area contributed by atoms with E-state index in [2.05, 4.69) is 23.3 Å². The Morgan fingerprint density at radius 1 is 1.04 bits per heavy atom. The maximum atomic E-state index is 12.9. The third kappa shape index (κ3) is 3.37. The van der Waals surface area contributed by atoms with Crippen molar-refractivity contribution in [1.82, 2.24) is 9.88 Å². The van der Waals surface area contributed by atoms with E-state index in [1.54, 1.807) is 23.1 Å². The second-order valence-corrected chi connectivity index (χ2v) is 9.11. The normalized spacial score (nSPS) is 16.0. The first-order valence-electron chi connectivity index (χ1n) is 9.09. The number of H-pyrrole nitrogens is 1. The number of aromatic amines is 1. The average molecular weight is 382 g/mol. The smallest absolute Gasteiger partial charge is 0.255 e. The molecule has 1 saturated heterocycles. The first-order chi connectivity index (χ1) is 12.9. The maximum Gasteiger partial charge on any atom is 0.255 e. The third-order valence-corrected chi connectivity index (χ3v) is 6.52. The van der Waals surface area contributed by atoms with Crippen LogP contribution in [0, 0.1) is 0 Å². The van der Waals surface area contributed by atoms with Crippen LogP contribution in [0.2, 0.25) is 0 Å². The molecular weight excluding hydrogens is 360 g/mol. The molecule has 1 aliphatic heterocycles. The van der Waals surface area contributed by atoms with Crippen molar-refractivity contribution in [3.63, 3.8) is 0 Å². The topological polar surface area (TPSA) is 70.2 Å². The van der Waals surface area contributed by atoms with Gasteiger partial charge in [0.15, 0.2) is 9.84 Å². The number of piperidine rings is 1. The van der Waals surface area contributed by atoms with Crippen LogP contribution in [0.3, 0.4) is 0 Å². The van der Waals surface area contributed by atoms with E-state index < -0.39 is 9.84 Å². The Bertz CT molecular complexity index is 1090. The average Bonchev–Trinajstić information content (AvgIpc) is 3.11. The lowest BCUT2D eigenvalue weighted by molar-refractivity contribution is 0.0709. The van der Waals surface area contributed by atoms with Gasteiger partial charge in [-0.15, -0.1) is 0 Å². The SMILES string of the molecule is CS(=O)(=O)c1ccccc1C(=O)N1CCC(c2c[nH]c3ccccc23)CC1. The number of para-hydroxylation sites is 1. The summed E-state index contributed by atoms with van der Waals surface area (Å²) in [6.07, 6.45) is 4.96. The van der Waals surface area contributed by atoms with Gasteiger partial charge in [-0.25, -0.2) is 8.42 Å². The van der Waals surface area contributed by atoms with Crippen LogP contribution < -0.4 is 0 Å².